The van der Waals surface area contributed by atoms with Gasteiger partial charge in [0.15, 0.2) is 0 Å². The summed E-state index contributed by atoms with van der Waals surface area (Å²) in [7, 11) is 1.75. The molecule has 1 aromatic carbocycles. The van der Waals surface area contributed by atoms with Crippen molar-refractivity contribution in [1.29, 1.82) is 0 Å². The van der Waals surface area contributed by atoms with Gasteiger partial charge in [-0.3, -0.25) is 49.2 Å². The van der Waals surface area contributed by atoms with Crippen LogP contribution in [-0.4, -0.2) is 200 Å². The second-order valence-corrected chi connectivity index (χ2v) is 26.0. The molecule has 3 amide bonds. The van der Waals surface area contributed by atoms with E-state index in [4.69, 9.17) is 19.2 Å². The lowest BCUT2D eigenvalue weighted by molar-refractivity contribution is -0.155. The number of piperazine rings is 1. The quantitative estimate of drug-likeness (QED) is 0.175. The third-order valence-electron chi connectivity index (χ3n) is 19.4. The third kappa shape index (κ3) is 11.0. The van der Waals surface area contributed by atoms with Crippen molar-refractivity contribution in [2.45, 2.75) is 142 Å². The molecule has 7 fully saturated rings. The number of carbonyl (C=O) groups excluding carboxylic acids is 4. The summed E-state index contributed by atoms with van der Waals surface area (Å²) in [4.78, 5) is 74.9. The third-order valence-corrected chi connectivity index (χ3v) is 19.4. The average molecular weight is 1090 g/mol. The van der Waals surface area contributed by atoms with Crippen LogP contribution in [0.1, 0.15) is 109 Å². The van der Waals surface area contributed by atoms with Crippen LogP contribution in [0.5, 0.6) is 0 Å². The van der Waals surface area contributed by atoms with Gasteiger partial charge >= 0.3 is 5.97 Å². The van der Waals surface area contributed by atoms with Gasteiger partial charge in [0.1, 0.15) is 18.1 Å². The Bertz CT molecular complexity index is 2850. The molecule has 3 N–H and O–H groups in total. The molecule has 18 heteroatoms. The highest BCUT2D eigenvalue weighted by Gasteiger charge is 2.55. The Labute approximate surface area is 467 Å². The minimum Gasteiger partial charge on any atom is -0.464 e. The summed E-state index contributed by atoms with van der Waals surface area (Å²) in [6.45, 7) is 24.0. The number of likely N-dealkylation sites (tertiary alicyclic amines) is 2. The van der Waals surface area contributed by atoms with E-state index >= 15 is 4.79 Å². The number of aromatic nitrogens is 2. The van der Waals surface area contributed by atoms with Gasteiger partial charge in [-0.1, -0.05) is 39.8 Å². The van der Waals surface area contributed by atoms with Gasteiger partial charge < -0.3 is 33.9 Å². The zero-order chi connectivity index (χ0) is 54.9. The van der Waals surface area contributed by atoms with Crippen molar-refractivity contribution in [1.82, 2.24) is 50.2 Å². The number of morpholine rings is 1. The maximum Gasteiger partial charge on any atom is 0.324 e. The van der Waals surface area contributed by atoms with Crippen molar-refractivity contribution in [3.8, 4) is 11.3 Å². The number of benzene rings is 1. The highest BCUT2D eigenvalue weighted by Crippen LogP contribution is 2.46. The number of fused-ring (bicyclic) bond motifs is 7. The number of methoxy groups -OCH3 is 1. The summed E-state index contributed by atoms with van der Waals surface area (Å²) in [5.41, 5.74) is 11.5. The predicted molar refractivity (Wildman–Crippen MR) is 304 cm³/mol. The minimum atomic E-state index is -0.877. The van der Waals surface area contributed by atoms with Gasteiger partial charge in [0.2, 0.25) is 11.8 Å². The van der Waals surface area contributed by atoms with Crippen LogP contribution in [0.15, 0.2) is 36.5 Å². The smallest absolute Gasteiger partial charge is 0.324 e. The number of carbonyl (C=O) groups is 4. The number of pyridine rings is 1. The average Bonchev–Trinajstić information content (AvgIpc) is 4.38. The Balaban J connectivity index is 0.851. The van der Waals surface area contributed by atoms with Gasteiger partial charge in [0, 0.05) is 119 Å². The molecule has 0 radical (unpaired) electrons. The van der Waals surface area contributed by atoms with Gasteiger partial charge in [0.25, 0.3) is 5.91 Å². The SMILES string of the molecule is CCn1c(-c2cc(N3CCN4CCOC[C@@H]4C3)cnc2[C@H](C)OC)c2c3cc(ccc31)C1=CCCN(C1)C[C@H](NC(=O)C(C(C)C)N1CC[C@]3(CCN(C(=O)[C@@H]4NC4C4CC4)C3)C1)C(=O)N1CCC[C@H](N1)C(=O)OCC(C)(C)C2. The lowest BCUT2D eigenvalue weighted by Gasteiger charge is -2.44. The van der Waals surface area contributed by atoms with Crippen molar-refractivity contribution in [2.24, 2.45) is 22.7 Å². The van der Waals surface area contributed by atoms with Crippen molar-refractivity contribution in [3.63, 3.8) is 0 Å². The van der Waals surface area contributed by atoms with E-state index in [1.807, 2.05) is 6.20 Å². The molecule has 6 bridgehead atoms. The Morgan fingerprint density at radius 2 is 1.81 bits per heavy atom. The van der Waals surface area contributed by atoms with E-state index in [0.29, 0.717) is 56.9 Å². The number of hydrogen-bond donors (Lipinski definition) is 3. The Hall–Kier alpha value is -4.95. The van der Waals surface area contributed by atoms with Gasteiger partial charge in [-0.05, 0) is 118 Å². The van der Waals surface area contributed by atoms with Crippen molar-refractivity contribution >= 4 is 45.9 Å². The van der Waals surface area contributed by atoms with E-state index in [0.717, 1.165) is 137 Å². The summed E-state index contributed by atoms with van der Waals surface area (Å²) in [6, 6.07) is 7.80. The maximum atomic E-state index is 15.1. The Kier molecular flexibility index (Phi) is 15.3. The molecule has 1 saturated carbocycles. The van der Waals surface area contributed by atoms with E-state index in [2.05, 4.69) is 117 Å². The molecule has 6 saturated heterocycles. The van der Waals surface area contributed by atoms with Crippen molar-refractivity contribution < 1.29 is 33.4 Å². The molecule has 9 aliphatic rings. The van der Waals surface area contributed by atoms with Crippen LogP contribution in [-0.2, 0) is 46.4 Å². The number of ether oxygens (including phenoxy) is 3. The van der Waals surface area contributed by atoms with Crippen LogP contribution in [0.3, 0.4) is 0 Å². The molecule has 1 aliphatic carbocycles. The number of aryl methyl sites for hydroxylation is 1. The van der Waals surface area contributed by atoms with Gasteiger partial charge in [0.05, 0.1) is 61.3 Å². The first kappa shape index (κ1) is 54.6. The van der Waals surface area contributed by atoms with E-state index in [-0.39, 0.29) is 53.8 Å². The molecule has 10 heterocycles. The monoisotopic (exact) mass is 1090 g/mol. The minimum absolute atomic E-state index is 0.0226. The van der Waals surface area contributed by atoms with E-state index in [1.165, 1.54) is 24.0 Å². The number of nitrogens with one attached hydrogen (secondary N) is 3. The maximum absolute atomic E-state index is 15.1. The number of hydrazine groups is 1. The predicted octanol–water partition coefficient (Wildman–Crippen LogP) is 4.85. The molecule has 3 unspecified atom stereocenters. The van der Waals surface area contributed by atoms with E-state index in [9.17, 15) is 14.4 Å². The van der Waals surface area contributed by atoms with Gasteiger partial charge in [-0.2, -0.15) is 0 Å². The fourth-order valence-electron chi connectivity index (χ4n) is 14.7. The van der Waals surface area contributed by atoms with Crippen LogP contribution in [0, 0.1) is 22.7 Å². The van der Waals surface area contributed by atoms with Crippen LogP contribution < -0.4 is 21.0 Å². The number of esters is 1. The number of rotatable bonds is 11. The second-order valence-electron chi connectivity index (χ2n) is 26.0. The van der Waals surface area contributed by atoms with E-state index < -0.39 is 23.5 Å². The largest absolute Gasteiger partial charge is 0.464 e. The molecule has 12 rings (SSSR count). The number of cyclic esters (lactones) is 1. The summed E-state index contributed by atoms with van der Waals surface area (Å²) >= 11 is 0. The molecule has 79 heavy (non-hydrogen) atoms. The highest BCUT2D eigenvalue weighted by atomic mass is 16.5. The first-order valence-corrected chi connectivity index (χ1v) is 30.1. The molecule has 1 spiro atoms. The van der Waals surface area contributed by atoms with Crippen LogP contribution in [0.2, 0.25) is 0 Å². The zero-order valence-corrected chi connectivity index (χ0v) is 48.1. The zero-order valence-electron chi connectivity index (χ0n) is 48.1. The molecule has 18 nitrogen and oxygen atoms in total. The first-order valence-electron chi connectivity index (χ1n) is 30.1. The lowest BCUT2D eigenvalue weighted by Crippen LogP contribution is -2.63. The summed E-state index contributed by atoms with van der Waals surface area (Å²) in [5.74, 6) is 0.0815. The van der Waals surface area contributed by atoms with Crippen molar-refractivity contribution in [2.75, 3.05) is 110 Å². The molecular formula is C61H87N11O7. The van der Waals surface area contributed by atoms with Gasteiger partial charge in [-0.25, -0.2) is 5.43 Å². The summed E-state index contributed by atoms with van der Waals surface area (Å²) in [5, 5.41) is 9.52. The number of anilines is 1. The van der Waals surface area contributed by atoms with Gasteiger partial charge in [-0.15, -0.1) is 0 Å². The number of amides is 3. The fourth-order valence-corrected chi connectivity index (χ4v) is 14.7. The molecule has 9 atom stereocenters. The molecule has 8 aliphatic heterocycles. The standard InChI is InChI=1S/C61H87N11O7/c1-8-71-50-16-15-41-27-45(50)47(55(71)46-28-43(30-62-51(46)39(4)77-7)68-24-23-67-25-26-78-34-44(67)32-68)29-60(5,6)37-79-59(76)48-12-10-20-72(65-48)57(74)49(33-66-19-9-11-42(41)31-66)63-56(73)54(38(2)3)69-21-17-61(35-69)18-22-70(36-61)58(75)53-52(64-53)40-13-14-40/h11,15-16,27-28,30,38-40,44,48-49,52-54,64-65H,8-10,12-14,17-26,29,31-37H2,1-7H3,(H,63,73)/t39-,44-,48-,49-,52?,53+,54?,61-/m0/s1. The second kappa shape index (κ2) is 22.1. The molecule has 3 aromatic rings. The molecule has 428 valence electrons. The normalized spacial score (nSPS) is 30.5. The summed E-state index contributed by atoms with van der Waals surface area (Å²) < 4.78 is 20.8. The topological polar surface area (TPSA) is 179 Å². The number of hydrogen-bond acceptors (Lipinski definition) is 14. The van der Waals surface area contributed by atoms with Crippen molar-refractivity contribution in [3.05, 3.63) is 53.4 Å². The number of nitrogens with zero attached hydrogens (tertiary/aromatic N) is 8. The summed E-state index contributed by atoms with van der Waals surface area (Å²) in [6.07, 6.45) is 10.9. The van der Waals surface area contributed by atoms with E-state index in [1.54, 1.807) is 12.1 Å². The Morgan fingerprint density at radius 3 is 2.61 bits per heavy atom. The van der Waals surface area contributed by atoms with Crippen LogP contribution in [0.4, 0.5) is 5.69 Å². The first-order chi connectivity index (χ1) is 38.1. The Morgan fingerprint density at radius 1 is 0.975 bits per heavy atom. The highest BCUT2D eigenvalue weighted by molar-refractivity contribution is 5.95. The molecule has 2 aromatic heterocycles. The van der Waals surface area contributed by atoms with Crippen LogP contribution >= 0.6 is 0 Å². The lowest BCUT2D eigenvalue weighted by atomic mass is 9.84. The van der Waals surface area contributed by atoms with Crippen LogP contribution in [0.25, 0.3) is 27.7 Å². The molecular weight excluding hydrogens is 999 g/mol. The fraction of sp³-hybridized carbons (Fsp3) is 0.689.